The van der Waals surface area contributed by atoms with Gasteiger partial charge in [-0.05, 0) is 39.3 Å². The van der Waals surface area contributed by atoms with Gasteiger partial charge in [0.25, 0.3) is 0 Å². The van der Waals surface area contributed by atoms with Crippen LogP contribution < -0.4 is 10.6 Å². The van der Waals surface area contributed by atoms with Crippen molar-refractivity contribution < 1.29 is 19.1 Å². The van der Waals surface area contributed by atoms with Gasteiger partial charge in [0.15, 0.2) is 0 Å². The summed E-state index contributed by atoms with van der Waals surface area (Å²) in [6, 6.07) is 2.60. The SMILES string of the molecule is CCCCCCCCCCCCC(=O)Nc1ccc(C[C@@H](NC(=O)OC(C)(C)C)C(=O)S)nc1. The van der Waals surface area contributed by atoms with Gasteiger partial charge in [0.05, 0.1) is 11.9 Å². The second-order valence-electron chi connectivity index (χ2n) is 9.76. The largest absolute Gasteiger partial charge is 0.444 e. The molecular weight excluding hydrogens is 450 g/mol. The standard InChI is InChI=1S/C26H43N3O4S/c1-5-6-7-8-9-10-11-12-13-14-15-23(30)28-21-17-16-20(27-19-21)18-22(24(31)34)29-25(32)33-26(2,3)4/h16-17,19,22H,5-15,18H2,1-4H3,(H,28,30)(H,29,32)(H,31,34)/t22-/m1/s1. The first-order valence-corrected chi connectivity index (χ1v) is 13.0. The highest BCUT2D eigenvalue weighted by atomic mass is 32.1. The van der Waals surface area contributed by atoms with E-state index >= 15 is 0 Å². The second-order valence-corrected chi connectivity index (χ2v) is 10.2. The first-order valence-electron chi connectivity index (χ1n) is 12.6. The van der Waals surface area contributed by atoms with Gasteiger partial charge in [-0.25, -0.2) is 4.79 Å². The van der Waals surface area contributed by atoms with E-state index in [4.69, 9.17) is 4.74 Å². The summed E-state index contributed by atoms with van der Waals surface area (Å²) in [6.07, 6.45) is 13.9. The van der Waals surface area contributed by atoms with Crippen LogP contribution in [0, 0.1) is 0 Å². The molecule has 1 rings (SSSR count). The molecule has 1 aromatic heterocycles. The van der Waals surface area contributed by atoms with Gasteiger partial charge in [-0.1, -0.05) is 64.7 Å². The van der Waals surface area contributed by atoms with Crippen LogP contribution in [0.3, 0.4) is 0 Å². The average Bonchev–Trinajstić information content (AvgIpc) is 2.74. The van der Waals surface area contributed by atoms with Crippen LogP contribution in [0.15, 0.2) is 18.3 Å². The Hall–Kier alpha value is -2.09. The average molecular weight is 494 g/mol. The number of carbonyl (C=O) groups excluding carboxylic acids is 3. The number of rotatable bonds is 16. The minimum Gasteiger partial charge on any atom is -0.444 e. The van der Waals surface area contributed by atoms with Crippen molar-refractivity contribution in [1.29, 1.82) is 0 Å². The highest BCUT2D eigenvalue weighted by Crippen LogP contribution is 2.14. The summed E-state index contributed by atoms with van der Waals surface area (Å²) in [7, 11) is 0. The molecule has 0 aliphatic carbocycles. The molecule has 0 unspecified atom stereocenters. The normalized spacial score (nSPS) is 12.1. The Labute approximate surface area is 210 Å². The van der Waals surface area contributed by atoms with E-state index in [1.165, 1.54) is 51.4 Å². The molecule has 2 N–H and O–H groups in total. The highest BCUT2D eigenvalue weighted by molar-refractivity contribution is 7.96. The lowest BCUT2D eigenvalue weighted by atomic mass is 10.1. The second kappa shape index (κ2) is 16.5. The van der Waals surface area contributed by atoms with E-state index in [-0.39, 0.29) is 12.3 Å². The molecule has 0 aliphatic heterocycles. The molecule has 0 radical (unpaired) electrons. The minimum atomic E-state index is -0.859. The third kappa shape index (κ3) is 14.9. The molecule has 34 heavy (non-hydrogen) atoms. The molecule has 1 aromatic rings. The first-order chi connectivity index (χ1) is 16.1. The Bertz CT molecular complexity index is 747. The topological polar surface area (TPSA) is 97.4 Å². The van der Waals surface area contributed by atoms with Crippen molar-refractivity contribution in [1.82, 2.24) is 10.3 Å². The lowest BCUT2D eigenvalue weighted by Crippen LogP contribution is -2.43. The summed E-state index contributed by atoms with van der Waals surface area (Å²) >= 11 is 3.86. The number of alkyl carbamates (subject to hydrolysis) is 1. The first kappa shape index (κ1) is 29.9. The van der Waals surface area contributed by atoms with E-state index in [0.717, 1.165) is 12.8 Å². The van der Waals surface area contributed by atoms with Crippen LogP contribution in [0.1, 0.15) is 104 Å². The number of ether oxygens (including phenoxy) is 1. The van der Waals surface area contributed by atoms with E-state index in [1.807, 2.05) is 0 Å². The summed E-state index contributed by atoms with van der Waals surface area (Å²) in [4.78, 5) is 40.2. The van der Waals surface area contributed by atoms with E-state index < -0.39 is 22.9 Å². The number of aromatic nitrogens is 1. The highest BCUT2D eigenvalue weighted by Gasteiger charge is 2.23. The van der Waals surface area contributed by atoms with Crippen LogP contribution in [-0.4, -0.2) is 33.7 Å². The zero-order valence-corrected chi connectivity index (χ0v) is 22.2. The minimum absolute atomic E-state index is 0.0240. The van der Waals surface area contributed by atoms with Crippen LogP contribution in [0.4, 0.5) is 10.5 Å². The number of nitrogens with zero attached hydrogens (tertiary/aromatic N) is 1. The van der Waals surface area contributed by atoms with Crippen LogP contribution in [-0.2, 0) is 20.7 Å². The Kier molecular flexibility index (Phi) is 14.6. The third-order valence-corrected chi connectivity index (χ3v) is 5.58. The van der Waals surface area contributed by atoms with Crippen molar-refractivity contribution in [3.8, 4) is 0 Å². The third-order valence-electron chi connectivity index (χ3n) is 5.27. The summed E-state index contributed by atoms with van der Waals surface area (Å²) in [6.45, 7) is 7.47. The molecule has 1 heterocycles. The molecule has 2 amide bonds. The van der Waals surface area contributed by atoms with Crippen LogP contribution >= 0.6 is 12.6 Å². The van der Waals surface area contributed by atoms with Crippen molar-refractivity contribution in [2.24, 2.45) is 0 Å². The maximum absolute atomic E-state index is 12.2. The number of carbonyl (C=O) groups is 3. The van der Waals surface area contributed by atoms with E-state index in [1.54, 1.807) is 39.1 Å². The van der Waals surface area contributed by atoms with Gasteiger partial charge >= 0.3 is 6.09 Å². The number of anilines is 1. The van der Waals surface area contributed by atoms with E-state index in [0.29, 0.717) is 17.8 Å². The summed E-state index contributed by atoms with van der Waals surface area (Å²) in [5.41, 5.74) is 0.533. The van der Waals surface area contributed by atoms with Gasteiger partial charge in [0.1, 0.15) is 11.6 Å². The van der Waals surface area contributed by atoms with Gasteiger partial charge in [-0.15, -0.1) is 12.6 Å². The Morgan fingerprint density at radius 3 is 2.06 bits per heavy atom. The molecule has 8 heteroatoms. The molecule has 0 bridgehead atoms. The van der Waals surface area contributed by atoms with Crippen molar-refractivity contribution in [2.45, 2.75) is 116 Å². The molecule has 1 atom stereocenters. The zero-order chi connectivity index (χ0) is 25.4. The smallest absolute Gasteiger partial charge is 0.408 e. The van der Waals surface area contributed by atoms with Crippen LogP contribution in [0.25, 0.3) is 0 Å². The molecule has 0 aromatic carbocycles. The molecule has 0 saturated carbocycles. The molecule has 0 aliphatic rings. The van der Waals surface area contributed by atoms with E-state index in [2.05, 4.69) is 35.2 Å². The van der Waals surface area contributed by atoms with Gasteiger partial charge < -0.3 is 15.4 Å². The fourth-order valence-corrected chi connectivity index (χ4v) is 3.63. The number of hydrogen-bond donors (Lipinski definition) is 3. The quantitative estimate of drug-likeness (QED) is 0.187. The molecule has 0 fully saturated rings. The lowest BCUT2D eigenvalue weighted by molar-refractivity contribution is -0.116. The summed E-state index contributed by atoms with van der Waals surface area (Å²) in [5, 5.41) is 4.90. The maximum atomic E-state index is 12.2. The molecule has 192 valence electrons. The molecule has 7 nitrogen and oxygen atoms in total. The van der Waals surface area contributed by atoms with E-state index in [9.17, 15) is 14.4 Å². The summed E-state index contributed by atoms with van der Waals surface area (Å²) in [5.74, 6) is -0.0240. The number of amides is 2. The van der Waals surface area contributed by atoms with Gasteiger partial charge in [0, 0.05) is 18.5 Å². The van der Waals surface area contributed by atoms with Gasteiger partial charge in [-0.2, -0.15) is 0 Å². The molecular formula is C26H43N3O4S. The number of thiol groups is 1. The van der Waals surface area contributed by atoms with Crippen molar-refractivity contribution in [2.75, 3.05) is 5.32 Å². The number of unbranched alkanes of at least 4 members (excludes halogenated alkanes) is 9. The summed E-state index contributed by atoms with van der Waals surface area (Å²) < 4.78 is 5.19. The van der Waals surface area contributed by atoms with Crippen molar-refractivity contribution in [3.05, 3.63) is 24.0 Å². The van der Waals surface area contributed by atoms with Crippen molar-refractivity contribution in [3.63, 3.8) is 0 Å². The Balaban J connectivity index is 2.32. The van der Waals surface area contributed by atoms with Gasteiger partial charge in [-0.3, -0.25) is 14.6 Å². The van der Waals surface area contributed by atoms with Crippen LogP contribution in [0.2, 0.25) is 0 Å². The Morgan fingerprint density at radius 1 is 0.971 bits per heavy atom. The predicted molar refractivity (Wildman–Crippen MR) is 140 cm³/mol. The maximum Gasteiger partial charge on any atom is 0.408 e. The molecule has 0 saturated heterocycles. The number of pyridine rings is 1. The number of nitrogens with one attached hydrogen (secondary N) is 2. The zero-order valence-electron chi connectivity index (χ0n) is 21.3. The number of hydrogen-bond acceptors (Lipinski definition) is 5. The monoisotopic (exact) mass is 493 g/mol. The fraction of sp³-hybridized carbons (Fsp3) is 0.692. The predicted octanol–water partition coefficient (Wildman–Crippen LogP) is 6.22. The van der Waals surface area contributed by atoms with Crippen molar-refractivity contribution >= 4 is 35.4 Å². The Morgan fingerprint density at radius 2 is 1.56 bits per heavy atom. The van der Waals surface area contributed by atoms with Gasteiger partial charge in [0.2, 0.25) is 11.0 Å². The lowest BCUT2D eigenvalue weighted by Gasteiger charge is -2.22. The fourth-order valence-electron chi connectivity index (χ4n) is 3.47. The molecule has 0 spiro atoms. The van der Waals surface area contributed by atoms with Crippen LogP contribution in [0.5, 0.6) is 0 Å².